The van der Waals surface area contributed by atoms with Gasteiger partial charge in [-0.2, -0.15) is 0 Å². The fourth-order valence-electron chi connectivity index (χ4n) is 1.99. The molecule has 2 rings (SSSR count). The molecule has 1 saturated carbocycles. The third-order valence-corrected chi connectivity index (χ3v) is 3.27. The van der Waals surface area contributed by atoms with Crippen molar-refractivity contribution in [1.29, 1.82) is 0 Å². The maximum atomic E-state index is 11.9. The molecule has 1 fully saturated rings. The first-order valence-corrected chi connectivity index (χ1v) is 5.95. The van der Waals surface area contributed by atoms with Gasteiger partial charge >= 0.3 is 5.97 Å². The number of carbonyl (C=O) groups excluding carboxylic acids is 1. The van der Waals surface area contributed by atoms with Gasteiger partial charge in [0.1, 0.15) is 5.69 Å². The Morgan fingerprint density at radius 2 is 2.22 bits per heavy atom. The molecular formula is C12H16N2O4. The van der Waals surface area contributed by atoms with Crippen LogP contribution in [0.15, 0.2) is 18.3 Å². The zero-order chi connectivity index (χ0) is 13.1. The maximum Gasteiger partial charge on any atom is 0.328 e. The SMILES string of the molecule is O=C(N[C@@H](CO)C(=O)O)c1cccn1C1CCC1. The zero-order valence-corrected chi connectivity index (χ0v) is 9.87. The van der Waals surface area contributed by atoms with Gasteiger partial charge in [-0.1, -0.05) is 0 Å². The molecule has 0 saturated heterocycles. The molecule has 0 spiro atoms. The Balaban J connectivity index is 2.08. The molecule has 18 heavy (non-hydrogen) atoms. The van der Waals surface area contributed by atoms with Gasteiger partial charge in [-0.25, -0.2) is 4.79 Å². The second kappa shape index (κ2) is 5.22. The van der Waals surface area contributed by atoms with Crippen molar-refractivity contribution in [2.45, 2.75) is 31.3 Å². The Kier molecular flexibility index (Phi) is 3.66. The van der Waals surface area contributed by atoms with Crippen molar-refractivity contribution in [2.24, 2.45) is 0 Å². The summed E-state index contributed by atoms with van der Waals surface area (Å²) in [5.41, 5.74) is 0.444. The second-order valence-electron chi connectivity index (χ2n) is 4.43. The molecule has 0 unspecified atom stereocenters. The van der Waals surface area contributed by atoms with Gasteiger partial charge in [-0.3, -0.25) is 4.79 Å². The monoisotopic (exact) mass is 252 g/mol. The number of aliphatic hydroxyl groups is 1. The number of nitrogens with one attached hydrogen (secondary N) is 1. The van der Waals surface area contributed by atoms with Crippen molar-refractivity contribution < 1.29 is 19.8 Å². The maximum absolute atomic E-state index is 11.9. The number of hydrogen-bond acceptors (Lipinski definition) is 3. The van der Waals surface area contributed by atoms with Crippen LogP contribution >= 0.6 is 0 Å². The van der Waals surface area contributed by atoms with Crippen LogP contribution in [0.2, 0.25) is 0 Å². The summed E-state index contributed by atoms with van der Waals surface area (Å²) in [7, 11) is 0. The number of aliphatic hydroxyl groups excluding tert-OH is 1. The van der Waals surface area contributed by atoms with Gasteiger partial charge in [0.15, 0.2) is 6.04 Å². The van der Waals surface area contributed by atoms with Gasteiger partial charge < -0.3 is 20.1 Å². The summed E-state index contributed by atoms with van der Waals surface area (Å²) in [6, 6.07) is 2.49. The van der Waals surface area contributed by atoms with Crippen LogP contribution < -0.4 is 5.32 Å². The standard InChI is InChI=1S/C12H16N2O4/c15-7-9(12(17)18)13-11(16)10-5-2-6-14(10)8-3-1-4-8/h2,5-6,8-9,15H,1,3-4,7H2,(H,13,16)(H,17,18)/t9-/m0/s1. The van der Waals surface area contributed by atoms with Crippen LogP contribution in [0.4, 0.5) is 0 Å². The first kappa shape index (κ1) is 12.6. The Hall–Kier alpha value is -1.82. The molecule has 0 radical (unpaired) electrons. The van der Waals surface area contributed by atoms with E-state index in [2.05, 4.69) is 5.32 Å². The molecule has 1 atom stereocenters. The van der Waals surface area contributed by atoms with E-state index in [4.69, 9.17) is 10.2 Å². The quantitative estimate of drug-likeness (QED) is 0.707. The van der Waals surface area contributed by atoms with E-state index >= 15 is 0 Å². The van der Waals surface area contributed by atoms with E-state index in [-0.39, 0.29) is 0 Å². The number of aliphatic carboxylic acids is 1. The highest BCUT2D eigenvalue weighted by Gasteiger charge is 2.25. The fourth-order valence-corrected chi connectivity index (χ4v) is 1.99. The summed E-state index contributed by atoms with van der Waals surface area (Å²) in [4.78, 5) is 22.7. The number of carboxylic acids is 1. The van der Waals surface area contributed by atoms with Gasteiger partial charge in [-0.05, 0) is 31.4 Å². The molecule has 0 bridgehead atoms. The van der Waals surface area contributed by atoms with E-state index in [9.17, 15) is 9.59 Å². The van der Waals surface area contributed by atoms with Crippen LogP contribution in [-0.4, -0.2) is 39.3 Å². The van der Waals surface area contributed by atoms with E-state index in [1.54, 1.807) is 12.1 Å². The predicted molar refractivity (Wildman–Crippen MR) is 63.3 cm³/mol. The second-order valence-corrected chi connectivity index (χ2v) is 4.43. The number of hydrogen-bond donors (Lipinski definition) is 3. The molecule has 0 aliphatic heterocycles. The molecule has 1 aromatic rings. The Morgan fingerprint density at radius 3 is 2.72 bits per heavy atom. The molecular weight excluding hydrogens is 236 g/mol. The van der Waals surface area contributed by atoms with Crippen LogP contribution in [0.5, 0.6) is 0 Å². The first-order valence-electron chi connectivity index (χ1n) is 5.95. The van der Waals surface area contributed by atoms with Crippen molar-refractivity contribution >= 4 is 11.9 Å². The van der Waals surface area contributed by atoms with Crippen molar-refractivity contribution in [3.05, 3.63) is 24.0 Å². The molecule has 98 valence electrons. The number of carbonyl (C=O) groups is 2. The summed E-state index contributed by atoms with van der Waals surface area (Å²) < 4.78 is 1.87. The van der Waals surface area contributed by atoms with Gasteiger partial charge in [0.2, 0.25) is 0 Å². The van der Waals surface area contributed by atoms with Crippen molar-refractivity contribution in [1.82, 2.24) is 9.88 Å². The van der Waals surface area contributed by atoms with Crippen LogP contribution in [-0.2, 0) is 4.79 Å². The Labute approximate surface area is 104 Å². The Bertz CT molecular complexity index is 451. The van der Waals surface area contributed by atoms with E-state index < -0.39 is 24.5 Å². The minimum Gasteiger partial charge on any atom is -0.480 e. The number of amides is 1. The highest BCUT2D eigenvalue weighted by atomic mass is 16.4. The van der Waals surface area contributed by atoms with E-state index in [0.717, 1.165) is 19.3 Å². The largest absolute Gasteiger partial charge is 0.480 e. The third-order valence-electron chi connectivity index (χ3n) is 3.27. The highest BCUT2D eigenvalue weighted by Crippen LogP contribution is 2.32. The normalized spacial score (nSPS) is 16.9. The summed E-state index contributed by atoms with van der Waals surface area (Å²) in [5.74, 6) is -1.71. The van der Waals surface area contributed by atoms with E-state index in [0.29, 0.717) is 11.7 Å². The molecule has 6 heteroatoms. The van der Waals surface area contributed by atoms with Gasteiger partial charge in [0, 0.05) is 12.2 Å². The molecule has 1 aliphatic rings. The van der Waals surface area contributed by atoms with Crippen LogP contribution in [0, 0.1) is 0 Å². The number of nitrogens with zero attached hydrogens (tertiary/aromatic N) is 1. The summed E-state index contributed by atoms with van der Waals surface area (Å²) in [6.07, 6.45) is 5.06. The summed E-state index contributed by atoms with van der Waals surface area (Å²) in [5, 5.41) is 20.0. The van der Waals surface area contributed by atoms with Crippen LogP contribution in [0.25, 0.3) is 0 Å². The lowest BCUT2D eigenvalue weighted by molar-refractivity contribution is -0.140. The first-order chi connectivity index (χ1) is 8.63. The van der Waals surface area contributed by atoms with Crippen LogP contribution in [0.1, 0.15) is 35.8 Å². The van der Waals surface area contributed by atoms with Gasteiger partial charge in [-0.15, -0.1) is 0 Å². The van der Waals surface area contributed by atoms with Crippen LogP contribution in [0.3, 0.4) is 0 Å². The number of carboxylic acid groups (broad SMARTS) is 1. The summed E-state index contributed by atoms with van der Waals surface area (Å²) >= 11 is 0. The number of aromatic nitrogens is 1. The van der Waals surface area contributed by atoms with Gasteiger partial charge in [0.25, 0.3) is 5.91 Å². The van der Waals surface area contributed by atoms with E-state index in [1.165, 1.54) is 0 Å². The minimum atomic E-state index is -1.26. The van der Waals surface area contributed by atoms with Crippen molar-refractivity contribution in [3.8, 4) is 0 Å². The van der Waals surface area contributed by atoms with Crippen molar-refractivity contribution in [2.75, 3.05) is 6.61 Å². The molecule has 1 amide bonds. The highest BCUT2D eigenvalue weighted by molar-refractivity contribution is 5.95. The average Bonchev–Trinajstić information content (AvgIpc) is 2.71. The molecule has 3 N–H and O–H groups in total. The van der Waals surface area contributed by atoms with Crippen molar-refractivity contribution in [3.63, 3.8) is 0 Å². The zero-order valence-electron chi connectivity index (χ0n) is 9.87. The molecule has 0 aromatic carbocycles. The predicted octanol–water partition coefficient (Wildman–Crippen LogP) is 0.388. The molecule has 1 heterocycles. The lowest BCUT2D eigenvalue weighted by Crippen LogP contribution is -2.44. The third kappa shape index (κ3) is 2.38. The lowest BCUT2D eigenvalue weighted by Gasteiger charge is -2.29. The summed E-state index contributed by atoms with van der Waals surface area (Å²) in [6.45, 7) is -0.620. The van der Waals surface area contributed by atoms with E-state index in [1.807, 2.05) is 10.8 Å². The molecule has 6 nitrogen and oxygen atoms in total. The Morgan fingerprint density at radius 1 is 1.50 bits per heavy atom. The lowest BCUT2D eigenvalue weighted by atomic mass is 9.93. The fraction of sp³-hybridized carbons (Fsp3) is 0.500. The minimum absolute atomic E-state index is 0.332. The van der Waals surface area contributed by atoms with Gasteiger partial charge in [0.05, 0.1) is 6.61 Å². The molecule has 1 aromatic heterocycles. The number of rotatable bonds is 5. The average molecular weight is 252 g/mol. The smallest absolute Gasteiger partial charge is 0.328 e. The topological polar surface area (TPSA) is 91.6 Å². The molecule has 1 aliphatic carbocycles.